The molecule has 0 saturated carbocycles. The Morgan fingerprint density at radius 2 is 1.61 bits per heavy atom. The highest BCUT2D eigenvalue weighted by Crippen LogP contribution is 2.45. The van der Waals surface area contributed by atoms with Gasteiger partial charge in [-0.05, 0) is 45.4 Å². The molecule has 1 aliphatic rings. The zero-order valence-electron chi connectivity index (χ0n) is 13.3. The van der Waals surface area contributed by atoms with Crippen molar-refractivity contribution in [2.75, 3.05) is 0 Å². The number of halogens is 3. The van der Waals surface area contributed by atoms with Crippen LogP contribution in [0.5, 0.6) is 0 Å². The van der Waals surface area contributed by atoms with Crippen LogP contribution in [0.3, 0.4) is 0 Å². The normalized spacial score (nSPS) is 20.6. The smallest absolute Gasteiger partial charge is 0.466 e. The van der Waals surface area contributed by atoms with Crippen molar-refractivity contribution >= 4 is 47.9 Å². The number of hydrogen-bond donors (Lipinski definition) is 1. The van der Waals surface area contributed by atoms with Crippen molar-refractivity contribution in [1.82, 2.24) is 0 Å². The Bertz CT molecular complexity index is 617. The predicted octanol–water partition coefficient (Wildman–Crippen LogP) is 4.84. The molecule has 1 fully saturated rings. The van der Waals surface area contributed by atoms with Gasteiger partial charge in [0.15, 0.2) is 0 Å². The van der Waals surface area contributed by atoms with E-state index in [-0.39, 0.29) is 11.4 Å². The first-order chi connectivity index (χ1) is 10.5. The Balaban J connectivity index is 2.48. The van der Waals surface area contributed by atoms with E-state index >= 15 is 0 Å². The van der Waals surface area contributed by atoms with Gasteiger partial charge in [-0.2, -0.15) is 0 Å². The van der Waals surface area contributed by atoms with E-state index in [0.717, 1.165) is 0 Å². The van der Waals surface area contributed by atoms with Gasteiger partial charge in [-0.15, -0.1) is 0 Å². The van der Waals surface area contributed by atoms with Crippen LogP contribution < -0.4 is 0 Å². The Morgan fingerprint density at radius 1 is 1.13 bits per heavy atom. The van der Waals surface area contributed by atoms with Crippen molar-refractivity contribution in [3.05, 3.63) is 32.8 Å². The number of carboxylic acid groups (broad SMARTS) is 1. The average Bonchev–Trinajstić information content (AvgIpc) is 2.61. The summed E-state index contributed by atoms with van der Waals surface area (Å²) in [6.07, 6.45) is -0.239. The maximum Gasteiger partial charge on any atom is 0.466 e. The van der Waals surface area contributed by atoms with Crippen LogP contribution in [0.1, 0.15) is 45.5 Å². The molecule has 1 atom stereocenters. The third-order valence-corrected chi connectivity index (χ3v) is 5.59. The van der Waals surface area contributed by atoms with Crippen LogP contribution in [-0.2, 0) is 14.1 Å². The van der Waals surface area contributed by atoms with Crippen molar-refractivity contribution in [2.24, 2.45) is 0 Å². The van der Waals surface area contributed by atoms with E-state index in [0.29, 0.717) is 15.6 Å². The molecule has 0 bridgehead atoms. The van der Waals surface area contributed by atoms with Gasteiger partial charge in [-0.1, -0.05) is 34.8 Å². The lowest BCUT2D eigenvalue weighted by Gasteiger charge is -2.32. The maximum absolute atomic E-state index is 11.3. The van der Waals surface area contributed by atoms with Crippen LogP contribution >= 0.6 is 34.8 Å². The summed E-state index contributed by atoms with van der Waals surface area (Å²) in [5, 5.41) is 10.1. The molecule has 0 spiro atoms. The third-order valence-electron chi connectivity index (χ3n) is 4.44. The van der Waals surface area contributed by atoms with Gasteiger partial charge in [0.25, 0.3) is 0 Å². The molecular weight excluding hydrogens is 361 g/mol. The van der Waals surface area contributed by atoms with E-state index in [1.165, 1.54) is 0 Å². The first kappa shape index (κ1) is 18.9. The average molecular weight is 379 g/mol. The number of carboxylic acids is 1. The predicted molar refractivity (Wildman–Crippen MR) is 92.5 cm³/mol. The second kappa shape index (κ2) is 6.45. The van der Waals surface area contributed by atoms with Crippen LogP contribution in [0, 0.1) is 0 Å². The fourth-order valence-corrected chi connectivity index (χ4v) is 3.27. The number of carbonyl (C=O) groups is 1. The molecule has 1 aromatic carbocycles. The lowest BCUT2D eigenvalue weighted by atomic mass is 9.66. The lowest BCUT2D eigenvalue weighted by Crippen LogP contribution is -2.41. The van der Waals surface area contributed by atoms with Crippen LogP contribution in [0.4, 0.5) is 0 Å². The molecule has 0 radical (unpaired) electrons. The minimum atomic E-state index is -1.00. The molecule has 126 valence electrons. The molecule has 1 saturated heterocycles. The lowest BCUT2D eigenvalue weighted by molar-refractivity contribution is -0.137. The van der Waals surface area contributed by atoms with Gasteiger partial charge in [-0.25, -0.2) is 0 Å². The number of benzene rings is 1. The SMILES string of the molecule is CC1(C)OB(C(CC(=O)O)c2c(Cl)ccc(Cl)c2Cl)OC1(C)C. The van der Waals surface area contributed by atoms with Gasteiger partial charge >= 0.3 is 13.1 Å². The van der Waals surface area contributed by atoms with Crippen molar-refractivity contribution in [1.29, 1.82) is 0 Å². The second-order valence-electron chi connectivity index (χ2n) is 6.59. The molecule has 1 aliphatic heterocycles. The first-order valence-corrected chi connectivity index (χ1v) is 8.30. The van der Waals surface area contributed by atoms with E-state index in [4.69, 9.17) is 44.1 Å². The summed E-state index contributed by atoms with van der Waals surface area (Å²) in [6.45, 7) is 7.58. The molecular formula is C15H18BCl3O4. The Hall–Kier alpha value is -0.455. The quantitative estimate of drug-likeness (QED) is 0.601. The molecule has 0 aromatic heterocycles. The third kappa shape index (κ3) is 3.64. The van der Waals surface area contributed by atoms with E-state index in [1.54, 1.807) is 12.1 Å². The molecule has 1 heterocycles. The highest BCUT2D eigenvalue weighted by Gasteiger charge is 2.54. The molecule has 1 unspecified atom stereocenters. The largest absolute Gasteiger partial charge is 0.481 e. The molecule has 23 heavy (non-hydrogen) atoms. The summed E-state index contributed by atoms with van der Waals surface area (Å²) in [6, 6.07) is 3.16. The number of hydrogen-bond acceptors (Lipinski definition) is 3. The number of rotatable bonds is 4. The summed E-state index contributed by atoms with van der Waals surface area (Å²) in [5.41, 5.74) is -0.750. The Kier molecular flexibility index (Phi) is 5.30. The van der Waals surface area contributed by atoms with Gasteiger partial charge < -0.3 is 14.4 Å². The van der Waals surface area contributed by atoms with Crippen molar-refractivity contribution in [3.8, 4) is 0 Å². The summed E-state index contributed by atoms with van der Waals surface area (Å²) in [4.78, 5) is 11.3. The summed E-state index contributed by atoms with van der Waals surface area (Å²) >= 11 is 18.6. The van der Waals surface area contributed by atoms with Gasteiger partial charge in [0.2, 0.25) is 0 Å². The molecule has 4 nitrogen and oxygen atoms in total. The Morgan fingerprint density at radius 3 is 2.09 bits per heavy atom. The highest BCUT2D eigenvalue weighted by molar-refractivity contribution is 6.50. The van der Waals surface area contributed by atoms with Crippen LogP contribution in [0.25, 0.3) is 0 Å². The molecule has 2 rings (SSSR count). The summed E-state index contributed by atoms with van der Waals surface area (Å²) < 4.78 is 12.0. The van der Waals surface area contributed by atoms with Gasteiger partial charge in [0.1, 0.15) is 0 Å². The molecule has 8 heteroatoms. The molecule has 1 aromatic rings. The van der Waals surface area contributed by atoms with Crippen molar-refractivity contribution in [2.45, 2.75) is 51.1 Å². The standard InChI is InChI=1S/C15H18BCl3O4/c1-14(2)15(3,4)23-16(22-14)8(7-11(20)21)12-9(17)5-6-10(18)13(12)19/h5-6,8H,7H2,1-4H3,(H,20,21). The van der Waals surface area contributed by atoms with Gasteiger partial charge in [-0.3, -0.25) is 4.79 Å². The van der Waals surface area contributed by atoms with E-state index < -0.39 is 30.1 Å². The zero-order chi connectivity index (χ0) is 17.6. The second-order valence-corrected chi connectivity index (χ2v) is 7.78. The zero-order valence-corrected chi connectivity index (χ0v) is 15.6. The summed E-state index contributed by atoms with van der Waals surface area (Å²) in [7, 11) is -0.787. The minimum Gasteiger partial charge on any atom is -0.481 e. The van der Waals surface area contributed by atoms with Crippen LogP contribution in [0.2, 0.25) is 15.1 Å². The van der Waals surface area contributed by atoms with E-state index in [9.17, 15) is 9.90 Å². The number of aliphatic carboxylic acids is 1. The first-order valence-electron chi connectivity index (χ1n) is 7.17. The maximum atomic E-state index is 11.3. The summed E-state index contributed by atoms with van der Waals surface area (Å²) in [5.74, 6) is -1.68. The van der Waals surface area contributed by atoms with E-state index in [1.807, 2.05) is 27.7 Å². The fraction of sp³-hybridized carbons (Fsp3) is 0.533. The van der Waals surface area contributed by atoms with Gasteiger partial charge in [0.05, 0.1) is 27.7 Å². The van der Waals surface area contributed by atoms with Crippen molar-refractivity contribution < 1.29 is 19.2 Å². The van der Waals surface area contributed by atoms with Crippen LogP contribution in [-0.4, -0.2) is 29.4 Å². The van der Waals surface area contributed by atoms with E-state index in [2.05, 4.69) is 0 Å². The fourth-order valence-electron chi connectivity index (χ4n) is 2.46. The highest BCUT2D eigenvalue weighted by atomic mass is 35.5. The Labute approximate surface area is 151 Å². The van der Waals surface area contributed by atoms with Gasteiger partial charge in [0, 0.05) is 10.8 Å². The molecule has 0 aliphatic carbocycles. The molecule has 0 amide bonds. The van der Waals surface area contributed by atoms with Crippen molar-refractivity contribution in [3.63, 3.8) is 0 Å². The minimum absolute atomic E-state index is 0.222. The monoisotopic (exact) mass is 378 g/mol. The molecule has 1 N–H and O–H groups in total. The topological polar surface area (TPSA) is 55.8 Å². The van der Waals surface area contributed by atoms with Crippen LogP contribution in [0.15, 0.2) is 12.1 Å².